The first-order chi connectivity index (χ1) is 14.9. The first-order valence-electron chi connectivity index (χ1n) is 11.0. The summed E-state index contributed by atoms with van der Waals surface area (Å²) < 4.78 is 27.0. The number of aromatic nitrogens is 2. The Balaban J connectivity index is 1.32. The fourth-order valence-electron chi connectivity index (χ4n) is 4.58. The molecule has 6 nitrogen and oxygen atoms in total. The van der Waals surface area contributed by atoms with Crippen LogP contribution in [0.15, 0.2) is 18.5 Å². The molecule has 2 aromatic heterocycles. The lowest BCUT2D eigenvalue weighted by Crippen LogP contribution is -2.48. The maximum atomic E-state index is 13.9. The topological polar surface area (TPSA) is 61.4 Å². The highest BCUT2D eigenvalue weighted by molar-refractivity contribution is 7.17. The number of nitrogens with one attached hydrogen (secondary N) is 1. The Morgan fingerprint density at radius 2 is 1.97 bits per heavy atom. The summed E-state index contributed by atoms with van der Waals surface area (Å²) in [6, 6.07) is 0.728. The molecule has 0 bridgehead atoms. The van der Waals surface area contributed by atoms with Crippen molar-refractivity contribution in [3.8, 4) is 0 Å². The number of piperidine rings is 2. The molecule has 1 unspecified atom stereocenters. The van der Waals surface area contributed by atoms with E-state index in [1.54, 1.807) is 13.1 Å². The van der Waals surface area contributed by atoms with Crippen LogP contribution in [0.1, 0.15) is 60.9 Å². The van der Waals surface area contributed by atoms with E-state index >= 15 is 0 Å². The normalized spacial score (nSPS) is 21.8. The molecule has 2 saturated heterocycles. The highest BCUT2D eigenvalue weighted by atomic mass is 32.1. The molecule has 31 heavy (non-hydrogen) atoms. The number of anilines is 1. The molecule has 0 aromatic carbocycles. The van der Waals surface area contributed by atoms with Crippen LogP contribution < -0.4 is 10.2 Å². The summed E-state index contributed by atoms with van der Waals surface area (Å²) in [4.78, 5) is 26.2. The lowest BCUT2D eigenvalue weighted by molar-refractivity contribution is 0.0942. The van der Waals surface area contributed by atoms with Crippen LogP contribution in [0, 0.1) is 17.6 Å². The summed E-state index contributed by atoms with van der Waals surface area (Å²) in [5, 5.41) is 3.57. The van der Waals surface area contributed by atoms with Crippen LogP contribution in [0.4, 0.5) is 13.9 Å². The third-order valence-electron chi connectivity index (χ3n) is 6.25. The number of nitrogens with zero attached hydrogens (tertiary/aromatic N) is 4. The lowest BCUT2D eigenvalue weighted by Gasteiger charge is -2.41. The zero-order valence-corrected chi connectivity index (χ0v) is 18.8. The van der Waals surface area contributed by atoms with E-state index in [2.05, 4.69) is 32.0 Å². The van der Waals surface area contributed by atoms with Gasteiger partial charge in [-0.1, -0.05) is 18.3 Å². The van der Waals surface area contributed by atoms with Gasteiger partial charge in [-0.2, -0.15) is 0 Å². The molecule has 1 N–H and O–H groups in total. The number of hydrogen-bond donors (Lipinski definition) is 1. The molecule has 4 heterocycles. The van der Waals surface area contributed by atoms with Gasteiger partial charge in [0.2, 0.25) is 0 Å². The molecule has 0 saturated carbocycles. The Morgan fingerprint density at radius 3 is 2.68 bits per heavy atom. The molecule has 2 aliphatic rings. The second-order valence-corrected chi connectivity index (χ2v) is 9.69. The molecule has 2 fully saturated rings. The number of carbonyl (C=O) groups excluding carboxylic acids is 1. The summed E-state index contributed by atoms with van der Waals surface area (Å²) in [6.07, 6.45) is 7.36. The van der Waals surface area contributed by atoms with Gasteiger partial charge in [0.1, 0.15) is 16.5 Å². The van der Waals surface area contributed by atoms with Gasteiger partial charge in [-0.15, -0.1) is 0 Å². The van der Waals surface area contributed by atoms with E-state index in [9.17, 15) is 13.6 Å². The molecule has 2 aromatic rings. The van der Waals surface area contributed by atoms with Gasteiger partial charge in [0.25, 0.3) is 5.91 Å². The number of likely N-dealkylation sites (tertiary alicyclic amines) is 1. The van der Waals surface area contributed by atoms with Gasteiger partial charge in [-0.25, -0.2) is 13.8 Å². The Kier molecular flexibility index (Phi) is 6.81. The van der Waals surface area contributed by atoms with Gasteiger partial charge in [-0.3, -0.25) is 14.7 Å². The molecular formula is C22H29F2N5OS. The number of pyridine rings is 1. The van der Waals surface area contributed by atoms with E-state index in [0.29, 0.717) is 10.9 Å². The van der Waals surface area contributed by atoms with Gasteiger partial charge >= 0.3 is 0 Å². The molecule has 9 heteroatoms. The number of carbonyl (C=O) groups is 1. The lowest BCUT2D eigenvalue weighted by atomic mass is 9.95. The molecule has 0 spiro atoms. The maximum Gasteiger partial charge on any atom is 0.263 e. The summed E-state index contributed by atoms with van der Waals surface area (Å²) in [6.45, 7) is 8.24. The first kappa shape index (κ1) is 22.1. The second kappa shape index (κ2) is 9.56. The van der Waals surface area contributed by atoms with Crippen molar-refractivity contribution < 1.29 is 13.6 Å². The number of rotatable bonds is 5. The molecule has 2 atom stereocenters. The van der Waals surface area contributed by atoms with Crippen molar-refractivity contribution in [3.63, 3.8) is 0 Å². The Hall–Kier alpha value is -2.13. The average Bonchev–Trinajstić information content (AvgIpc) is 3.24. The predicted molar refractivity (Wildman–Crippen MR) is 117 cm³/mol. The van der Waals surface area contributed by atoms with Crippen molar-refractivity contribution in [3.05, 3.63) is 40.7 Å². The van der Waals surface area contributed by atoms with Crippen LogP contribution >= 0.6 is 11.3 Å². The van der Waals surface area contributed by atoms with Crippen molar-refractivity contribution in [2.24, 2.45) is 5.92 Å². The molecule has 1 amide bonds. The zero-order chi connectivity index (χ0) is 22.0. The van der Waals surface area contributed by atoms with Gasteiger partial charge in [-0.05, 0) is 45.1 Å². The smallest absolute Gasteiger partial charge is 0.263 e. The molecule has 0 radical (unpaired) electrons. The number of thiazole rings is 1. The highest BCUT2D eigenvalue weighted by Crippen LogP contribution is 2.29. The van der Waals surface area contributed by atoms with Crippen LogP contribution in [0.5, 0.6) is 0 Å². The quantitative estimate of drug-likeness (QED) is 0.748. The van der Waals surface area contributed by atoms with E-state index < -0.39 is 17.7 Å². The first-order valence-corrected chi connectivity index (χ1v) is 11.8. The Labute approximate surface area is 185 Å². The minimum absolute atomic E-state index is 0.00796. The fraction of sp³-hybridized carbons (Fsp3) is 0.591. The van der Waals surface area contributed by atoms with E-state index in [-0.39, 0.29) is 11.6 Å². The second-order valence-electron chi connectivity index (χ2n) is 8.68. The monoisotopic (exact) mass is 449 g/mol. The van der Waals surface area contributed by atoms with Crippen LogP contribution in [0.25, 0.3) is 0 Å². The predicted octanol–water partition coefficient (Wildman–Crippen LogP) is 4.01. The molecular weight excluding hydrogens is 420 g/mol. The molecule has 2 aliphatic heterocycles. The molecule has 168 valence electrons. The highest BCUT2D eigenvalue weighted by Gasteiger charge is 2.29. The van der Waals surface area contributed by atoms with Crippen molar-refractivity contribution in [2.45, 2.75) is 51.6 Å². The van der Waals surface area contributed by atoms with E-state index in [1.165, 1.54) is 37.3 Å². The van der Waals surface area contributed by atoms with E-state index in [1.807, 2.05) is 0 Å². The van der Waals surface area contributed by atoms with E-state index in [4.69, 9.17) is 0 Å². The van der Waals surface area contributed by atoms with E-state index in [0.717, 1.165) is 49.2 Å². The minimum Gasteiger partial charge on any atom is -0.348 e. The van der Waals surface area contributed by atoms with Crippen LogP contribution in [0.3, 0.4) is 0 Å². The third-order valence-corrected chi connectivity index (χ3v) is 7.31. The summed E-state index contributed by atoms with van der Waals surface area (Å²) >= 11 is 1.34. The molecule has 4 rings (SSSR count). The van der Waals surface area contributed by atoms with Crippen molar-refractivity contribution >= 4 is 22.4 Å². The zero-order valence-electron chi connectivity index (χ0n) is 18.0. The third kappa shape index (κ3) is 5.20. The summed E-state index contributed by atoms with van der Waals surface area (Å²) in [5.41, 5.74) is 0.00796. The van der Waals surface area contributed by atoms with Gasteiger partial charge < -0.3 is 10.2 Å². The van der Waals surface area contributed by atoms with Crippen LogP contribution in [-0.2, 0) is 0 Å². The average molecular weight is 450 g/mol. The molecule has 0 aliphatic carbocycles. The minimum atomic E-state index is -0.774. The number of hydrogen-bond acceptors (Lipinski definition) is 6. The van der Waals surface area contributed by atoms with Gasteiger partial charge in [0.15, 0.2) is 5.13 Å². The number of halogens is 2. The van der Waals surface area contributed by atoms with Gasteiger partial charge in [0, 0.05) is 31.7 Å². The largest absolute Gasteiger partial charge is 0.348 e. The van der Waals surface area contributed by atoms with Crippen LogP contribution in [0.2, 0.25) is 0 Å². The number of amides is 1. The van der Waals surface area contributed by atoms with Crippen LogP contribution in [-0.4, -0.2) is 53.0 Å². The fourth-order valence-corrected chi connectivity index (χ4v) is 5.45. The Morgan fingerprint density at radius 1 is 1.19 bits per heavy atom. The maximum absolute atomic E-state index is 13.9. The summed E-state index contributed by atoms with van der Waals surface area (Å²) in [7, 11) is 0. The Bertz CT molecular complexity index is 915. The SMILES string of the molecule is CC(NC(=O)c1cnc(N2CCC(N3CCC[C@@H](C)C3)CC2)s1)c1ncc(F)cc1F. The van der Waals surface area contributed by atoms with Gasteiger partial charge in [0.05, 0.1) is 24.1 Å². The standard InChI is InChI=1S/C22H29F2N5OS/c1-14-4-3-7-29(13-14)17-5-8-28(9-6-17)22-26-12-19(31-22)21(30)27-15(2)20-18(24)10-16(23)11-25-20/h10-12,14-15,17H,3-9,13H2,1-2H3,(H,27,30)/t14-,15?/m1/s1. The summed E-state index contributed by atoms with van der Waals surface area (Å²) in [5.74, 6) is -1.07. The van der Waals surface area contributed by atoms with Crippen molar-refractivity contribution in [1.29, 1.82) is 0 Å². The van der Waals surface area contributed by atoms with Crippen molar-refractivity contribution in [2.75, 3.05) is 31.1 Å². The van der Waals surface area contributed by atoms with Crippen molar-refractivity contribution in [1.82, 2.24) is 20.2 Å².